The summed E-state index contributed by atoms with van der Waals surface area (Å²) in [4.78, 5) is 24.5. The first-order chi connectivity index (χ1) is 11.0. The highest BCUT2D eigenvalue weighted by Crippen LogP contribution is 2.28. The molecular weight excluding hydrogens is 303 g/mol. The number of nitro benzene ring substituents is 1. The molecule has 0 atom stereocenters. The molecule has 7 heteroatoms. The van der Waals surface area contributed by atoms with Gasteiger partial charge in [0.1, 0.15) is 5.82 Å². The SMILES string of the molecule is CCN(C(=O)c1ccc(OC)c([N+](=O)[O-])c1)c1ccc(F)cc1. The fraction of sp³-hybridized carbons (Fsp3) is 0.188. The molecular formula is C16H15FN2O4. The number of halogens is 1. The number of benzene rings is 2. The quantitative estimate of drug-likeness (QED) is 0.625. The Morgan fingerprint density at radius 1 is 1.26 bits per heavy atom. The standard InChI is InChI=1S/C16H15FN2O4/c1-3-18(13-7-5-12(17)6-8-13)16(20)11-4-9-15(23-2)14(10-11)19(21)22/h4-10H,3H2,1-2H3. The normalized spacial score (nSPS) is 10.2. The Hall–Kier alpha value is -2.96. The van der Waals surface area contributed by atoms with Crippen molar-refractivity contribution in [3.63, 3.8) is 0 Å². The summed E-state index contributed by atoms with van der Waals surface area (Å²) in [5, 5.41) is 11.1. The number of carbonyl (C=O) groups excluding carboxylic acids is 1. The molecule has 6 nitrogen and oxygen atoms in total. The number of carbonyl (C=O) groups is 1. The number of methoxy groups -OCH3 is 1. The minimum absolute atomic E-state index is 0.0800. The van der Waals surface area contributed by atoms with Gasteiger partial charge in [0, 0.05) is 23.9 Å². The van der Waals surface area contributed by atoms with Crippen LogP contribution in [0.2, 0.25) is 0 Å². The molecule has 0 N–H and O–H groups in total. The monoisotopic (exact) mass is 318 g/mol. The number of nitrogens with zero attached hydrogens (tertiary/aromatic N) is 2. The number of amides is 1. The van der Waals surface area contributed by atoms with Crippen LogP contribution in [-0.4, -0.2) is 24.5 Å². The molecule has 0 radical (unpaired) electrons. The van der Waals surface area contributed by atoms with Gasteiger partial charge in [-0.2, -0.15) is 0 Å². The number of ether oxygens (including phenoxy) is 1. The fourth-order valence-electron chi connectivity index (χ4n) is 2.19. The van der Waals surface area contributed by atoms with Crippen molar-refractivity contribution < 1.29 is 18.8 Å². The van der Waals surface area contributed by atoms with E-state index in [2.05, 4.69) is 0 Å². The van der Waals surface area contributed by atoms with Crippen LogP contribution in [0.25, 0.3) is 0 Å². The van der Waals surface area contributed by atoms with E-state index >= 15 is 0 Å². The van der Waals surface area contributed by atoms with Crippen LogP contribution in [0, 0.1) is 15.9 Å². The van der Waals surface area contributed by atoms with E-state index in [9.17, 15) is 19.3 Å². The van der Waals surface area contributed by atoms with E-state index in [4.69, 9.17) is 4.74 Å². The zero-order valence-corrected chi connectivity index (χ0v) is 12.7. The van der Waals surface area contributed by atoms with Gasteiger partial charge in [0.2, 0.25) is 0 Å². The number of anilines is 1. The largest absolute Gasteiger partial charge is 0.490 e. The van der Waals surface area contributed by atoms with E-state index in [0.717, 1.165) is 0 Å². The number of rotatable bonds is 5. The van der Waals surface area contributed by atoms with Crippen LogP contribution in [0.4, 0.5) is 15.8 Å². The highest BCUT2D eigenvalue weighted by Gasteiger charge is 2.22. The Kier molecular flexibility index (Phi) is 4.90. The van der Waals surface area contributed by atoms with Crippen molar-refractivity contribution in [3.05, 3.63) is 64.0 Å². The van der Waals surface area contributed by atoms with Gasteiger partial charge in [0.25, 0.3) is 5.91 Å². The van der Waals surface area contributed by atoms with E-state index < -0.39 is 16.6 Å². The molecule has 0 saturated heterocycles. The zero-order chi connectivity index (χ0) is 17.0. The lowest BCUT2D eigenvalue weighted by Gasteiger charge is -2.21. The van der Waals surface area contributed by atoms with Gasteiger partial charge >= 0.3 is 5.69 Å². The van der Waals surface area contributed by atoms with Gasteiger partial charge in [0.15, 0.2) is 5.75 Å². The minimum atomic E-state index is -0.607. The summed E-state index contributed by atoms with van der Waals surface area (Å²) in [7, 11) is 1.32. The molecule has 0 fully saturated rings. The first-order valence-corrected chi connectivity index (χ1v) is 6.87. The second kappa shape index (κ2) is 6.87. The summed E-state index contributed by atoms with van der Waals surface area (Å²) in [5.41, 5.74) is 0.384. The predicted octanol–water partition coefficient (Wildman–Crippen LogP) is 3.41. The van der Waals surface area contributed by atoms with E-state index in [1.54, 1.807) is 6.92 Å². The predicted molar refractivity (Wildman–Crippen MR) is 83.4 cm³/mol. The van der Waals surface area contributed by atoms with Crippen molar-refractivity contribution >= 4 is 17.3 Å². The first-order valence-electron chi connectivity index (χ1n) is 6.87. The molecule has 0 saturated carbocycles. The molecule has 2 aromatic carbocycles. The Labute approximate surface area is 132 Å². The van der Waals surface area contributed by atoms with Crippen LogP contribution in [0.5, 0.6) is 5.75 Å². The summed E-state index contributed by atoms with van der Waals surface area (Å²) in [6.07, 6.45) is 0. The lowest BCUT2D eigenvalue weighted by molar-refractivity contribution is -0.385. The van der Waals surface area contributed by atoms with Crippen LogP contribution >= 0.6 is 0 Å². The van der Waals surface area contributed by atoms with Gasteiger partial charge < -0.3 is 9.64 Å². The molecule has 2 aromatic rings. The van der Waals surface area contributed by atoms with Crippen molar-refractivity contribution in [2.45, 2.75) is 6.92 Å². The van der Waals surface area contributed by atoms with Crippen LogP contribution in [-0.2, 0) is 0 Å². The fourth-order valence-corrected chi connectivity index (χ4v) is 2.19. The second-order valence-electron chi connectivity index (χ2n) is 4.67. The molecule has 120 valence electrons. The third-order valence-electron chi connectivity index (χ3n) is 3.32. The Morgan fingerprint density at radius 3 is 2.43 bits per heavy atom. The maximum Gasteiger partial charge on any atom is 0.311 e. The van der Waals surface area contributed by atoms with Gasteiger partial charge in [-0.3, -0.25) is 14.9 Å². The van der Waals surface area contributed by atoms with E-state index in [-0.39, 0.29) is 17.0 Å². The lowest BCUT2D eigenvalue weighted by atomic mass is 10.1. The zero-order valence-electron chi connectivity index (χ0n) is 12.7. The van der Waals surface area contributed by atoms with Crippen molar-refractivity contribution in [2.24, 2.45) is 0 Å². The van der Waals surface area contributed by atoms with Gasteiger partial charge in [0.05, 0.1) is 12.0 Å². The molecule has 2 rings (SSSR count). The average molecular weight is 318 g/mol. The second-order valence-corrected chi connectivity index (χ2v) is 4.67. The summed E-state index contributed by atoms with van der Waals surface area (Å²) in [6.45, 7) is 2.10. The van der Waals surface area contributed by atoms with Crippen LogP contribution in [0.1, 0.15) is 17.3 Å². The molecule has 0 spiro atoms. The van der Waals surface area contributed by atoms with Crippen LogP contribution in [0.3, 0.4) is 0 Å². The Morgan fingerprint density at radius 2 is 1.91 bits per heavy atom. The maximum atomic E-state index is 13.0. The first kappa shape index (κ1) is 16.4. The Bertz CT molecular complexity index is 731. The molecule has 0 bridgehead atoms. The number of hydrogen-bond acceptors (Lipinski definition) is 4. The van der Waals surface area contributed by atoms with Gasteiger partial charge in [-0.1, -0.05) is 0 Å². The molecule has 0 heterocycles. The molecule has 0 aliphatic rings. The van der Waals surface area contributed by atoms with Gasteiger partial charge in [-0.25, -0.2) is 4.39 Å². The number of nitro groups is 1. The van der Waals surface area contributed by atoms with Crippen molar-refractivity contribution in [3.8, 4) is 5.75 Å². The smallest absolute Gasteiger partial charge is 0.311 e. The molecule has 0 aliphatic heterocycles. The third kappa shape index (κ3) is 3.45. The number of hydrogen-bond donors (Lipinski definition) is 0. The highest BCUT2D eigenvalue weighted by atomic mass is 19.1. The summed E-state index contributed by atoms with van der Waals surface area (Å²) in [6, 6.07) is 9.48. The molecule has 0 aromatic heterocycles. The third-order valence-corrected chi connectivity index (χ3v) is 3.32. The van der Waals surface area contributed by atoms with Crippen molar-refractivity contribution in [1.29, 1.82) is 0 Å². The van der Waals surface area contributed by atoms with Crippen LogP contribution in [0.15, 0.2) is 42.5 Å². The topological polar surface area (TPSA) is 72.7 Å². The average Bonchev–Trinajstić information content (AvgIpc) is 2.56. The van der Waals surface area contributed by atoms with Crippen molar-refractivity contribution in [2.75, 3.05) is 18.6 Å². The molecule has 0 aliphatic carbocycles. The highest BCUT2D eigenvalue weighted by molar-refractivity contribution is 6.06. The van der Waals surface area contributed by atoms with E-state index in [1.165, 1.54) is 54.5 Å². The minimum Gasteiger partial charge on any atom is -0.490 e. The summed E-state index contributed by atoms with van der Waals surface area (Å²) < 4.78 is 17.9. The van der Waals surface area contributed by atoms with Crippen molar-refractivity contribution in [1.82, 2.24) is 0 Å². The molecule has 1 amide bonds. The van der Waals surface area contributed by atoms with E-state index in [1.807, 2.05) is 0 Å². The van der Waals surface area contributed by atoms with Crippen LogP contribution < -0.4 is 9.64 Å². The Balaban J connectivity index is 2.39. The van der Waals surface area contributed by atoms with Gasteiger partial charge in [-0.15, -0.1) is 0 Å². The summed E-state index contributed by atoms with van der Waals surface area (Å²) in [5.74, 6) is -0.737. The summed E-state index contributed by atoms with van der Waals surface area (Å²) >= 11 is 0. The maximum absolute atomic E-state index is 13.0. The van der Waals surface area contributed by atoms with E-state index in [0.29, 0.717) is 12.2 Å². The molecule has 23 heavy (non-hydrogen) atoms. The van der Waals surface area contributed by atoms with Gasteiger partial charge in [-0.05, 0) is 43.3 Å². The molecule has 0 unspecified atom stereocenters. The lowest BCUT2D eigenvalue weighted by Crippen LogP contribution is -2.30.